The maximum atomic E-state index is 14.1. The molecule has 2 aromatic rings. The van der Waals surface area contributed by atoms with Crippen LogP contribution in [0.25, 0.3) is 0 Å². The van der Waals surface area contributed by atoms with E-state index in [1.54, 1.807) is 25.4 Å². The zero-order chi connectivity index (χ0) is 19.0. The third kappa shape index (κ3) is 5.42. The van der Waals surface area contributed by atoms with Crippen molar-refractivity contribution in [3.8, 4) is 0 Å². The molecule has 0 radical (unpaired) electrons. The zero-order valence-electron chi connectivity index (χ0n) is 15.8. The Bertz CT molecular complexity index is 743. The number of unbranched alkanes of at least 4 members (excludes halogenated alkanes) is 1. The summed E-state index contributed by atoms with van der Waals surface area (Å²) in [7, 11) is 1.76. The summed E-state index contributed by atoms with van der Waals surface area (Å²) in [4.78, 5) is 8.52. The summed E-state index contributed by atoms with van der Waals surface area (Å²) >= 11 is 0. The molecule has 1 heterocycles. The summed E-state index contributed by atoms with van der Waals surface area (Å²) in [6.07, 6.45) is 5.88. The van der Waals surface area contributed by atoms with Crippen LogP contribution >= 0.6 is 0 Å². The maximum Gasteiger partial charge on any atom is 0.191 e. The Hall–Kier alpha value is -2.63. The minimum absolute atomic E-state index is 0.0877. The predicted molar refractivity (Wildman–Crippen MR) is 109 cm³/mol. The normalized spacial score (nSPS) is 15.3. The van der Waals surface area contributed by atoms with Gasteiger partial charge in [0.05, 0.1) is 0 Å². The van der Waals surface area contributed by atoms with Gasteiger partial charge < -0.3 is 16.0 Å². The number of aliphatic imine (C=N–C) groups is 1. The van der Waals surface area contributed by atoms with Crippen LogP contribution in [0.4, 0.5) is 10.2 Å². The van der Waals surface area contributed by atoms with Crippen molar-refractivity contribution in [2.24, 2.45) is 4.99 Å². The Kier molecular flexibility index (Phi) is 6.63. The summed E-state index contributed by atoms with van der Waals surface area (Å²) in [5.41, 5.74) is 0.726. The number of hydrogen-bond acceptors (Lipinski definition) is 3. The highest BCUT2D eigenvalue weighted by atomic mass is 19.1. The van der Waals surface area contributed by atoms with Gasteiger partial charge in [-0.3, -0.25) is 4.99 Å². The maximum absolute atomic E-state index is 14.1. The Morgan fingerprint density at radius 2 is 1.85 bits per heavy atom. The number of nitrogens with zero attached hydrogens (tertiary/aromatic N) is 2. The van der Waals surface area contributed by atoms with Crippen molar-refractivity contribution >= 4 is 11.8 Å². The van der Waals surface area contributed by atoms with Crippen molar-refractivity contribution in [1.82, 2.24) is 15.6 Å². The second-order valence-electron chi connectivity index (χ2n) is 6.96. The molecule has 1 aromatic carbocycles. The van der Waals surface area contributed by atoms with Crippen molar-refractivity contribution < 1.29 is 4.39 Å². The lowest BCUT2D eigenvalue weighted by atomic mass is 9.95. The molecule has 1 aliphatic carbocycles. The van der Waals surface area contributed by atoms with Crippen LogP contribution in [0.1, 0.15) is 31.2 Å². The summed E-state index contributed by atoms with van der Waals surface area (Å²) in [5, 5.41) is 10.0. The Morgan fingerprint density at radius 3 is 2.56 bits per heavy atom. The minimum atomic E-state index is -0.111. The van der Waals surface area contributed by atoms with Crippen LogP contribution in [0.5, 0.6) is 0 Å². The minimum Gasteiger partial charge on any atom is -0.370 e. The second-order valence-corrected chi connectivity index (χ2v) is 6.96. The van der Waals surface area contributed by atoms with Crippen LogP contribution in [0.2, 0.25) is 0 Å². The molecule has 6 heteroatoms. The fraction of sp³-hybridized carbons (Fsp3) is 0.429. The van der Waals surface area contributed by atoms with Crippen molar-refractivity contribution in [2.45, 2.75) is 31.1 Å². The standard InChI is InChI=1S/C21H28FN5/c1-23-20(26-15-7-6-14-25-19-10-4-5-13-24-19)27-16-21(11-12-21)17-8-2-3-9-18(17)22/h2-5,8-10,13H,6-7,11-12,14-16H2,1H3,(H,24,25)(H2,23,26,27). The van der Waals surface area contributed by atoms with Gasteiger partial charge in [0.2, 0.25) is 0 Å². The van der Waals surface area contributed by atoms with Gasteiger partial charge in [-0.1, -0.05) is 24.3 Å². The van der Waals surface area contributed by atoms with E-state index < -0.39 is 0 Å². The lowest BCUT2D eigenvalue weighted by molar-refractivity contribution is 0.559. The highest BCUT2D eigenvalue weighted by molar-refractivity contribution is 5.79. The van der Waals surface area contributed by atoms with Gasteiger partial charge in [-0.05, 0) is 49.4 Å². The number of benzene rings is 1. The number of anilines is 1. The molecule has 0 atom stereocenters. The first-order chi connectivity index (χ1) is 13.2. The van der Waals surface area contributed by atoms with E-state index in [1.165, 1.54) is 0 Å². The summed E-state index contributed by atoms with van der Waals surface area (Å²) < 4.78 is 14.1. The smallest absolute Gasteiger partial charge is 0.191 e. The third-order valence-electron chi connectivity index (χ3n) is 4.98. The lowest BCUT2D eigenvalue weighted by Gasteiger charge is -2.19. The van der Waals surface area contributed by atoms with E-state index in [2.05, 4.69) is 25.9 Å². The van der Waals surface area contributed by atoms with Crippen molar-refractivity contribution in [3.63, 3.8) is 0 Å². The van der Waals surface area contributed by atoms with E-state index in [1.807, 2.05) is 30.3 Å². The highest BCUT2D eigenvalue weighted by Crippen LogP contribution is 2.48. The van der Waals surface area contributed by atoms with Gasteiger partial charge in [0, 0.05) is 38.3 Å². The largest absolute Gasteiger partial charge is 0.370 e. The molecule has 1 fully saturated rings. The average Bonchev–Trinajstić information content (AvgIpc) is 3.49. The summed E-state index contributed by atoms with van der Waals surface area (Å²) in [6.45, 7) is 2.44. The first-order valence-electron chi connectivity index (χ1n) is 9.58. The molecule has 0 aliphatic heterocycles. The van der Waals surface area contributed by atoms with Crippen LogP contribution in [0.15, 0.2) is 53.7 Å². The van der Waals surface area contributed by atoms with Crippen LogP contribution in [0.3, 0.4) is 0 Å². The second kappa shape index (κ2) is 9.35. The third-order valence-corrected chi connectivity index (χ3v) is 4.98. The number of aromatic nitrogens is 1. The Balaban J connectivity index is 1.35. The molecule has 1 saturated carbocycles. The molecule has 3 rings (SSSR count). The molecule has 0 saturated heterocycles. The molecule has 0 amide bonds. The van der Waals surface area contributed by atoms with E-state index in [0.29, 0.717) is 6.54 Å². The fourth-order valence-electron chi connectivity index (χ4n) is 3.20. The quantitative estimate of drug-likeness (QED) is 0.361. The SMILES string of the molecule is CN=C(NCCCCNc1ccccn1)NCC1(c2ccccc2F)CC1. The zero-order valence-corrected chi connectivity index (χ0v) is 15.8. The number of pyridine rings is 1. The average molecular weight is 369 g/mol. The van der Waals surface area contributed by atoms with Crippen LogP contribution < -0.4 is 16.0 Å². The van der Waals surface area contributed by atoms with Gasteiger partial charge in [0.25, 0.3) is 0 Å². The van der Waals surface area contributed by atoms with Gasteiger partial charge in [0.15, 0.2) is 5.96 Å². The monoisotopic (exact) mass is 369 g/mol. The first-order valence-corrected chi connectivity index (χ1v) is 9.58. The molecule has 5 nitrogen and oxygen atoms in total. The van der Waals surface area contributed by atoms with Crippen molar-refractivity contribution in [3.05, 3.63) is 60.0 Å². The molecule has 0 spiro atoms. The van der Waals surface area contributed by atoms with Crippen LogP contribution in [-0.4, -0.2) is 37.6 Å². The van der Waals surface area contributed by atoms with E-state index in [-0.39, 0.29) is 11.2 Å². The molecule has 3 N–H and O–H groups in total. The lowest BCUT2D eigenvalue weighted by Crippen LogP contribution is -2.41. The molecule has 0 unspecified atom stereocenters. The van der Waals surface area contributed by atoms with E-state index in [9.17, 15) is 4.39 Å². The number of nitrogens with one attached hydrogen (secondary N) is 3. The molecule has 0 bridgehead atoms. The van der Waals surface area contributed by atoms with E-state index in [0.717, 1.165) is 56.1 Å². The van der Waals surface area contributed by atoms with Crippen molar-refractivity contribution in [2.75, 3.05) is 32.0 Å². The highest BCUT2D eigenvalue weighted by Gasteiger charge is 2.45. The summed E-state index contributed by atoms with van der Waals surface area (Å²) in [6, 6.07) is 12.9. The molecular formula is C21H28FN5. The number of hydrogen-bond donors (Lipinski definition) is 3. The summed E-state index contributed by atoms with van der Waals surface area (Å²) in [5.74, 6) is 1.57. The van der Waals surface area contributed by atoms with Crippen LogP contribution in [-0.2, 0) is 5.41 Å². The van der Waals surface area contributed by atoms with Gasteiger partial charge in [-0.25, -0.2) is 9.37 Å². The van der Waals surface area contributed by atoms with E-state index in [4.69, 9.17) is 0 Å². The van der Waals surface area contributed by atoms with Gasteiger partial charge in [0.1, 0.15) is 11.6 Å². The Labute approximate surface area is 160 Å². The number of guanidine groups is 1. The number of rotatable bonds is 9. The van der Waals surface area contributed by atoms with Crippen LogP contribution in [0, 0.1) is 5.82 Å². The fourth-order valence-corrected chi connectivity index (χ4v) is 3.20. The predicted octanol–water partition coefficient (Wildman–Crippen LogP) is 3.31. The van der Waals surface area contributed by atoms with Gasteiger partial charge >= 0.3 is 0 Å². The molecule has 27 heavy (non-hydrogen) atoms. The number of halogens is 1. The molecular weight excluding hydrogens is 341 g/mol. The first kappa shape index (κ1) is 19.1. The van der Waals surface area contributed by atoms with Gasteiger partial charge in [-0.15, -0.1) is 0 Å². The molecule has 1 aromatic heterocycles. The molecule has 144 valence electrons. The molecule has 1 aliphatic rings. The Morgan fingerprint density at radius 1 is 1.07 bits per heavy atom. The topological polar surface area (TPSA) is 61.3 Å². The van der Waals surface area contributed by atoms with Crippen molar-refractivity contribution in [1.29, 1.82) is 0 Å². The van der Waals surface area contributed by atoms with E-state index >= 15 is 0 Å². The van der Waals surface area contributed by atoms with Gasteiger partial charge in [-0.2, -0.15) is 0 Å².